The maximum absolute atomic E-state index is 11.6. The van der Waals surface area contributed by atoms with Crippen LogP contribution in [0, 0.1) is 0 Å². The van der Waals surface area contributed by atoms with E-state index in [0.29, 0.717) is 6.54 Å². The van der Waals surface area contributed by atoms with Crippen molar-refractivity contribution < 1.29 is 9.53 Å². The fraction of sp³-hybridized carbons (Fsp3) is 0.714. The van der Waals surface area contributed by atoms with Gasteiger partial charge in [-0.25, -0.2) is 4.79 Å². The SMILES string of the molecule is CCC(CNC(=O)OC(C)(C)C)NCc1cnn(C)c1. The Balaban J connectivity index is 2.30. The summed E-state index contributed by atoms with van der Waals surface area (Å²) < 4.78 is 6.98. The number of hydrogen-bond donors (Lipinski definition) is 2. The Kier molecular flexibility index (Phi) is 6.01. The predicted molar refractivity (Wildman–Crippen MR) is 78.4 cm³/mol. The Morgan fingerprint density at radius 1 is 1.50 bits per heavy atom. The van der Waals surface area contributed by atoms with Gasteiger partial charge in [-0.15, -0.1) is 0 Å². The van der Waals surface area contributed by atoms with Crippen molar-refractivity contribution in [2.75, 3.05) is 6.54 Å². The fourth-order valence-electron chi connectivity index (χ4n) is 1.71. The number of carbonyl (C=O) groups excluding carboxylic acids is 1. The topological polar surface area (TPSA) is 68.2 Å². The Hall–Kier alpha value is -1.56. The van der Waals surface area contributed by atoms with Crippen LogP contribution in [0.5, 0.6) is 0 Å². The number of ether oxygens (including phenoxy) is 1. The van der Waals surface area contributed by atoms with E-state index in [1.54, 1.807) is 4.68 Å². The first-order valence-electron chi connectivity index (χ1n) is 6.98. The average Bonchev–Trinajstić information content (AvgIpc) is 2.73. The molecule has 0 spiro atoms. The maximum atomic E-state index is 11.6. The van der Waals surface area contributed by atoms with Crippen molar-refractivity contribution in [3.05, 3.63) is 18.0 Å². The van der Waals surface area contributed by atoms with Crippen molar-refractivity contribution in [1.82, 2.24) is 20.4 Å². The average molecular weight is 282 g/mol. The molecule has 6 nitrogen and oxygen atoms in total. The van der Waals surface area contributed by atoms with Gasteiger partial charge in [-0.2, -0.15) is 5.10 Å². The van der Waals surface area contributed by atoms with E-state index in [0.717, 1.165) is 18.5 Å². The lowest BCUT2D eigenvalue weighted by atomic mass is 10.2. The van der Waals surface area contributed by atoms with Crippen LogP contribution in [-0.2, 0) is 18.3 Å². The monoisotopic (exact) mass is 282 g/mol. The molecule has 0 bridgehead atoms. The highest BCUT2D eigenvalue weighted by molar-refractivity contribution is 5.67. The molecule has 114 valence electrons. The van der Waals surface area contributed by atoms with Gasteiger partial charge in [-0.3, -0.25) is 4.68 Å². The number of hydrogen-bond acceptors (Lipinski definition) is 4. The van der Waals surface area contributed by atoms with E-state index in [1.165, 1.54) is 0 Å². The number of aromatic nitrogens is 2. The second kappa shape index (κ2) is 7.28. The molecule has 1 heterocycles. The normalized spacial score (nSPS) is 13.1. The molecule has 6 heteroatoms. The number of aryl methyl sites for hydroxylation is 1. The molecule has 1 rings (SSSR count). The van der Waals surface area contributed by atoms with E-state index >= 15 is 0 Å². The van der Waals surface area contributed by atoms with E-state index in [4.69, 9.17) is 4.74 Å². The molecule has 1 atom stereocenters. The highest BCUT2D eigenvalue weighted by Crippen LogP contribution is 2.06. The molecule has 1 aromatic heterocycles. The number of carbonyl (C=O) groups is 1. The van der Waals surface area contributed by atoms with Crippen LogP contribution in [0.3, 0.4) is 0 Å². The molecular weight excluding hydrogens is 256 g/mol. The van der Waals surface area contributed by atoms with Gasteiger partial charge in [-0.05, 0) is 27.2 Å². The van der Waals surface area contributed by atoms with Crippen molar-refractivity contribution in [2.24, 2.45) is 7.05 Å². The van der Waals surface area contributed by atoms with E-state index in [2.05, 4.69) is 22.7 Å². The third-order valence-electron chi connectivity index (χ3n) is 2.74. The van der Waals surface area contributed by atoms with E-state index in [9.17, 15) is 4.79 Å². The molecule has 0 radical (unpaired) electrons. The van der Waals surface area contributed by atoms with Crippen LogP contribution in [0.2, 0.25) is 0 Å². The molecule has 2 N–H and O–H groups in total. The first-order chi connectivity index (χ1) is 9.30. The smallest absolute Gasteiger partial charge is 0.407 e. The molecule has 1 unspecified atom stereocenters. The van der Waals surface area contributed by atoms with Gasteiger partial charge >= 0.3 is 6.09 Å². The van der Waals surface area contributed by atoms with Gasteiger partial charge in [0.05, 0.1) is 6.20 Å². The summed E-state index contributed by atoms with van der Waals surface area (Å²) in [6.07, 6.45) is 4.36. The molecule has 0 saturated heterocycles. The van der Waals surface area contributed by atoms with Crippen molar-refractivity contribution >= 4 is 6.09 Å². The van der Waals surface area contributed by atoms with Gasteiger partial charge in [0, 0.05) is 37.9 Å². The molecule has 0 aliphatic carbocycles. The number of nitrogens with zero attached hydrogens (tertiary/aromatic N) is 2. The van der Waals surface area contributed by atoms with Crippen LogP contribution in [0.25, 0.3) is 0 Å². The molecule has 1 aromatic rings. The zero-order valence-corrected chi connectivity index (χ0v) is 13.1. The van der Waals surface area contributed by atoms with Gasteiger partial charge in [0.2, 0.25) is 0 Å². The van der Waals surface area contributed by atoms with Crippen molar-refractivity contribution in [3.8, 4) is 0 Å². The zero-order valence-electron chi connectivity index (χ0n) is 13.1. The number of rotatable bonds is 6. The number of nitrogens with one attached hydrogen (secondary N) is 2. The summed E-state index contributed by atoms with van der Waals surface area (Å²) in [6.45, 7) is 8.92. The van der Waals surface area contributed by atoms with Gasteiger partial charge in [0.1, 0.15) is 5.60 Å². The first kappa shape index (κ1) is 16.5. The minimum Gasteiger partial charge on any atom is -0.444 e. The van der Waals surface area contributed by atoms with Gasteiger partial charge in [0.15, 0.2) is 0 Å². The first-order valence-corrected chi connectivity index (χ1v) is 6.98. The van der Waals surface area contributed by atoms with Crippen LogP contribution < -0.4 is 10.6 Å². The molecule has 20 heavy (non-hydrogen) atoms. The highest BCUT2D eigenvalue weighted by Gasteiger charge is 2.16. The summed E-state index contributed by atoms with van der Waals surface area (Å²) in [6, 6.07) is 0.211. The van der Waals surface area contributed by atoms with E-state index in [-0.39, 0.29) is 12.1 Å². The number of alkyl carbamates (subject to hydrolysis) is 1. The summed E-state index contributed by atoms with van der Waals surface area (Å²) >= 11 is 0. The fourth-order valence-corrected chi connectivity index (χ4v) is 1.71. The Bertz CT molecular complexity index is 423. The Morgan fingerprint density at radius 2 is 2.20 bits per heavy atom. The third kappa shape index (κ3) is 6.56. The summed E-state index contributed by atoms with van der Waals surface area (Å²) in [5.74, 6) is 0. The second-order valence-electron chi connectivity index (χ2n) is 5.89. The van der Waals surface area contributed by atoms with Crippen LogP contribution >= 0.6 is 0 Å². The maximum Gasteiger partial charge on any atom is 0.407 e. The van der Waals surface area contributed by atoms with Crippen LogP contribution in [0.1, 0.15) is 39.7 Å². The quantitative estimate of drug-likeness (QED) is 0.835. The molecule has 0 aliphatic heterocycles. The summed E-state index contributed by atoms with van der Waals surface area (Å²) in [5, 5.41) is 10.3. The summed E-state index contributed by atoms with van der Waals surface area (Å²) in [5.41, 5.74) is 0.665. The molecule has 0 fully saturated rings. The predicted octanol–water partition coefficient (Wildman–Crippen LogP) is 1.81. The minimum atomic E-state index is -0.463. The van der Waals surface area contributed by atoms with E-state index in [1.807, 2.05) is 40.2 Å². The molecule has 0 aliphatic rings. The molecular formula is C14H26N4O2. The van der Waals surface area contributed by atoms with Crippen LogP contribution in [-0.4, -0.2) is 34.1 Å². The molecule has 0 aromatic carbocycles. The third-order valence-corrected chi connectivity index (χ3v) is 2.74. The summed E-state index contributed by atoms with van der Waals surface area (Å²) in [7, 11) is 1.89. The minimum absolute atomic E-state index is 0.211. The number of amides is 1. The van der Waals surface area contributed by atoms with Crippen LogP contribution in [0.15, 0.2) is 12.4 Å². The Labute approximate surface area is 120 Å². The largest absolute Gasteiger partial charge is 0.444 e. The highest BCUT2D eigenvalue weighted by atomic mass is 16.6. The standard InChI is InChI=1S/C14H26N4O2/c1-6-12(9-16-13(19)20-14(2,3)4)15-7-11-8-17-18(5)10-11/h8,10,12,15H,6-7,9H2,1-5H3,(H,16,19). The van der Waals surface area contributed by atoms with E-state index < -0.39 is 5.60 Å². The zero-order chi connectivity index (χ0) is 15.2. The Morgan fingerprint density at radius 3 is 2.70 bits per heavy atom. The van der Waals surface area contributed by atoms with Crippen molar-refractivity contribution in [3.63, 3.8) is 0 Å². The second-order valence-corrected chi connectivity index (χ2v) is 5.89. The van der Waals surface area contributed by atoms with Crippen LogP contribution in [0.4, 0.5) is 4.79 Å². The van der Waals surface area contributed by atoms with Crippen molar-refractivity contribution in [1.29, 1.82) is 0 Å². The summed E-state index contributed by atoms with van der Waals surface area (Å²) in [4.78, 5) is 11.6. The molecule has 0 saturated carbocycles. The van der Waals surface area contributed by atoms with Gasteiger partial charge in [0.25, 0.3) is 0 Å². The lowest BCUT2D eigenvalue weighted by Crippen LogP contribution is -2.42. The lowest BCUT2D eigenvalue weighted by Gasteiger charge is -2.22. The molecule has 1 amide bonds. The van der Waals surface area contributed by atoms with Gasteiger partial charge in [-0.1, -0.05) is 6.92 Å². The lowest BCUT2D eigenvalue weighted by molar-refractivity contribution is 0.0522. The van der Waals surface area contributed by atoms with Gasteiger partial charge < -0.3 is 15.4 Å². The van der Waals surface area contributed by atoms with Crippen molar-refractivity contribution in [2.45, 2.75) is 52.3 Å².